The van der Waals surface area contributed by atoms with Crippen molar-refractivity contribution in [2.75, 3.05) is 0 Å². The molecule has 23 heavy (non-hydrogen) atoms. The van der Waals surface area contributed by atoms with Gasteiger partial charge in [-0.25, -0.2) is 0 Å². The van der Waals surface area contributed by atoms with E-state index in [0.717, 1.165) is 10.0 Å². The van der Waals surface area contributed by atoms with Gasteiger partial charge in [0.2, 0.25) is 0 Å². The first-order chi connectivity index (χ1) is 11.1. The summed E-state index contributed by atoms with van der Waals surface area (Å²) in [7, 11) is 0. The van der Waals surface area contributed by atoms with E-state index >= 15 is 0 Å². The Bertz CT molecular complexity index is 880. The Morgan fingerprint density at radius 2 is 1.74 bits per heavy atom. The van der Waals surface area contributed by atoms with Gasteiger partial charge in [-0.15, -0.1) is 0 Å². The van der Waals surface area contributed by atoms with Gasteiger partial charge >= 0.3 is 0 Å². The summed E-state index contributed by atoms with van der Waals surface area (Å²) in [6.45, 7) is 0. The minimum absolute atomic E-state index is 0.0897. The van der Waals surface area contributed by atoms with Gasteiger partial charge in [-0.3, -0.25) is 4.79 Å². The van der Waals surface area contributed by atoms with E-state index in [0.29, 0.717) is 22.1 Å². The molecule has 0 bridgehead atoms. The standard InChI is InChI=1S/C19H12BrClO2/c20-16-7-3-1-5-14(16)18(22)11-9-13-10-12-19(23-13)15-6-2-4-8-17(15)21/h1-12H. The molecule has 1 heterocycles. The quantitative estimate of drug-likeness (QED) is 0.391. The van der Waals surface area contributed by atoms with E-state index in [1.54, 1.807) is 12.1 Å². The molecule has 0 aliphatic rings. The molecule has 3 rings (SSSR count). The second-order valence-electron chi connectivity index (χ2n) is 4.86. The summed E-state index contributed by atoms with van der Waals surface area (Å²) in [6.07, 6.45) is 3.15. The summed E-state index contributed by atoms with van der Waals surface area (Å²) in [6, 6.07) is 18.4. The topological polar surface area (TPSA) is 30.2 Å². The van der Waals surface area contributed by atoms with Crippen molar-refractivity contribution in [3.05, 3.63) is 87.6 Å². The smallest absolute Gasteiger partial charge is 0.187 e. The van der Waals surface area contributed by atoms with E-state index in [-0.39, 0.29) is 5.78 Å². The van der Waals surface area contributed by atoms with E-state index in [9.17, 15) is 4.79 Å². The Kier molecular flexibility index (Phi) is 4.79. The first-order valence-electron chi connectivity index (χ1n) is 6.97. The summed E-state index contributed by atoms with van der Waals surface area (Å²) >= 11 is 9.53. The lowest BCUT2D eigenvalue weighted by molar-refractivity contribution is 0.104. The monoisotopic (exact) mass is 386 g/mol. The molecule has 2 aromatic carbocycles. The van der Waals surface area contributed by atoms with E-state index < -0.39 is 0 Å². The average Bonchev–Trinajstić information content (AvgIpc) is 3.02. The fourth-order valence-electron chi connectivity index (χ4n) is 2.16. The Balaban J connectivity index is 1.81. The number of hydrogen-bond donors (Lipinski definition) is 0. The van der Waals surface area contributed by atoms with Crippen LogP contribution >= 0.6 is 27.5 Å². The zero-order valence-electron chi connectivity index (χ0n) is 12.0. The van der Waals surface area contributed by atoms with Crippen molar-refractivity contribution >= 4 is 39.4 Å². The zero-order chi connectivity index (χ0) is 16.2. The second kappa shape index (κ2) is 6.99. The number of carbonyl (C=O) groups is 1. The molecule has 1 aromatic heterocycles. The summed E-state index contributed by atoms with van der Waals surface area (Å²) in [5, 5.41) is 0.627. The van der Waals surface area contributed by atoms with Gasteiger partial charge in [-0.05, 0) is 48.6 Å². The highest BCUT2D eigenvalue weighted by molar-refractivity contribution is 9.10. The Hall–Kier alpha value is -2.10. The largest absolute Gasteiger partial charge is 0.457 e. The fourth-order valence-corrected chi connectivity index (χ4v) is 2.87. The Labute approximate surface area is 147 Å². The third-order valence-electron chi connectivity index (χ3n) is 3.30. The minimum atomic E-state index is -0.0897. The van der Waals surface area contributed by atoms with Crippen LogP contribution in [0, 0.1) is 0 Å². The lowest BCUT2D eigenvalue weighted by Gasteiger charge is -1.99. The van der Waals surface area contributed by atoms with Crippen molar-refractivity contribution in [3.8, 4) is 11.3 Å². The Morgan fingerprint density at radius 1 is 1.00 bits per heavy atom. The summed E-state index contributed by atoms with van der Waals surface area (Å²) < 4.78 is 6.50. The van der Waals surface area contributed by atoms with Crippen LogP contribution in [0.4, 0.5) is 0 Å². The Morgan fingerprint density at radius 3 is 2.52 bits per heavy atom. The third kappa shape index (κ3) is 3.63. The average molecular weight is 388 g/mol. The lowest BCUT2D eigenvalue weighted by atomic mass is 10.1. The second-order valence-corrected chi connectivity index (χ2v) is 6.12. The van der Waals surface area contributed by atoms with E-state index in [1.807, 2.05) is 54.6 Å². The molecule has 0 saturated heterocycles. The minimum Gasteiger partial charge on any atom is -0.457 e. The van der Waals surface area contributed by atoms with Gasteiger partial charge in [0.25, 0.3) is 0 Å². The van der Waals surface area contributed by atoms with Gasteiger partial charge in [-0.1, -0.05) is 51.8 Å². The maximum absolute atomic E-state index is 12.2. The van der Waals surface area contributed by atoms with Crippen molar-refractivity contribution in [1.82, 2.24) is 0 Å². The summed E-state index contributed by atoms with van der Waals surface area (Å²) in [5.41, 5.74) is 1.44. The van der Waals surface area contributed by atoms with Gasteiger partial charge in [0.05, 0.1) is 5.02 Å². The third-order valence-corrected chi connectivity index (χ3v) is 4.33. The molecule has 0 amide bonds. The number of carbonyl (C=O) groups excluding carboxylic acids is 1. The molecule has 2 nitrogen and oxygen atoms in total. The number of furan rings is 1. The highest BCUT2D eigenvalue weighted by Crippen LogP contribution is 2.29. The van der Waals surface area contributed by atoms with Crippen LogP contribution in [0.15, 0.2) is 75.6 Å². The molecule has 0 fully saturated rings. The molecule has 0 N–H and O–H groups in total. The van der Waals surface area contributed by atoms with Crippen LogP contribution in [0.25, 0.3) is 17.4 Å². The molecule has 0 radical (unpaired) electrons. The first-order valence-corrected chi connectivity index (χ1v) is 8.14. The lowest BCUT2D eigenvalue weighted by Crippen LogP contribution is -1.94. The molecule has 0 spiro atoms. The van der Waals surface area contributed by atoms with Gasteiger partial charge < -0.3 is 4.42 Å². The molecule has 0 saturated carbocycles. The van der Waals surface area contributed by atoms with Gasteiger partial charge in [-0.2, -0.15) is 0 Å². The van der Waals surface area contributed by atoms with Crippen LogP contribution in [-0.4, -0.2) is 5.78 Å². The van der Waals surface area contributed by atoms with Crippen molar-refractivity contribution in [2.45, 2.75) is 0 Å². The van der Waals surface area contributed by atoms with E-state index in [1.165, 1.54) is 6.08 Å². The highest BCUT2D eigenvalue weighted by Gasteiger charge is 2.08. The maximum Gasteiger partial charge on any atom is 0.187 e. The fraction of sp³-hybridized carbons (Fsp3) is 0. The number of hydrogen-bond acceptors (Lipinski definition) is 2. The van der Waals surface area contributed by atoms with Gasteiger partial charge in [0.15, 0.2) is 5.78 Å². The first kappa shape index (κ1) is 15.8. The van der Waals surface area contributed by atoms with Crippen molar-refractivity contribution in [1.29, 1.82) is 0 Å². The molecule has 3 aromatic rings. The van der Waals surface area contributed by atoms with Crippen LogP contribution in [0.2, 0.25) is 5.02 Å². The predicted molar refractivity (Wildman–Crippen MR) is 96.7 cm³/mol. The van der Waals surface area contributed by atoms with E-state index in [2.05, 4.69) is 15.9 Å². The van der Waals surface area contributed by atoms with Crippen LogP contribution in [0.5, 0.6) is 0 Å². The van der Waals surface area contributed by atoms with Crippen LogP contribution in [-0.2, 0) is 0 Å². The predicted octanol–water partition coefficient (Wildman–Crippen LogP) is 6.26. The zero-order valence-corrected chi connectivity index (χ0v) is 14.3. The molecule has 0 atom stereocenters. The van der Waals surface area contributed by atoms with Crippen molar-refractivity contribution in [2.24, 2.45) is 0 Å². The van der Waals surface area contributed by atoms with E-state index in [4.69, 9.17) is 16.0 Å². The molecule has 0 unspecified atom stereocenters. The summed E-state index contributed by atoms with van der Waals surface area (Å²) in [5.74, 6) is 1.18. The normalized spacial score (nSPS) is 11.0. The van der Waals surface area contributed by atoms with Crippen LogP contribution in [0.3, 0.4) is 0 Å². The summed E-state index contributed by atoms with van der Waals surface area (Å²) in [4.78, 5) is 12.2. The number of allylic oxidation sites excluding steroid dienone is 1. The number of ketones is 1. The molecular weight excluding hydrogens is 376 g/mol. The number of halogens is 2. The van der Waals surface area contributed by atoms with Crippen LogP contribution < -0.4 is 0 Å². The van der Waals surface area contributed by atoms with Gasteiger partial charge in [0, 0.05) is 15.6 Å². The molecule has 114 valence electrons. The molecule has 0 aliphatic heterocycles. The molecular formula is C19H12BrClO2. The molecule has 0 aliphatic carbocycles. The highest BCUT2D eigenvalue weighted by atomic mass is 79.9. The number of benzene rings is 2. The number of rotatable bonds is 4. The maximum atomic E-state index is 12.2. The van der Waals surface area contributed by atoms with Crippen LogP contribution in [0.1, 0.15) is 16.1 Å². The van der Waals surface area contributed by atoms with Crippen molar-refractivity contribution in [3.63, 3.8) is 0 Å². The SMILES string of the molecule is O=C(C=Cc1ccc(-c2ccccc2Cl)o1)c1ccccc1Br. The van der Waals surface area contributed by atoms with Crippen molar-refractivity contribution < 1.29 is 9.21 Å². The molecule has 4 heteroatoms. The van der Waals surface area contributed by atoms with Gasteiger partial charge in [0.1, 0.15) is 11.5 Å².